The molecule has 5 heterocycles. The van der Waals surface area contributed by atoms with E-state index in [1.54, 1.807) is 12.5 Å². The number of hydrogen-bond acceptors (Lipinski definition) is 9. The zero-order chi connectivity index (χ0) is 23.9. The second kappa shape index (κ2) is 8.66. The molecule has 1 aromatic carbocycles. The number of anilines is 3. The summed E-state index contributed by atoms with van der Waals surface area (Å²) in [6.07, 6.45) is 3.28. The molecule has 6 rings (SSSR count). The Labute approximate surface area is 203 Å². The van der Waals surface area contributed by atoms with E-state index in [0.717, 1.165) is 64.9 Å². The van der Waals surface area contributed by atoms with Crippen molar-refractivity contribution in [3.63, 3.8) is 0 Å². The number of fused-ring (bicyclic) bond motifs is 4. The Bertz CT molecular complexity index is 1390. The van der Waals surface area contributed by atoms with Gasteiger partial charge in [-0.05, 0) is 56.8 Å². The van der Waals surface area contributed by atoms with Crippen molar-refractivity contribution in [2.75, 3.05) is 43.5 Å². The van der Waals surface area contributed by atoms with Crippen LogP contribution in [0, 0.1) is 13.8 Å². The summed E-state index contributed by atoms with van der Waals surface area (Å²) in [5.41, 5.74) is 4.31. The highest BCUT2D eigenvalue weighted by molar-refractivity contribution is 5.90. The van der Waals surface area contributed by atoms with Crippen LogP contribution in [0.1, 0.15) is 11.3 Å². The van der Waals surface area contributed by atoms with Crippen molar-refractivity contribution in [2.45, 2.75) is 19.9 Å². The lowest BCUT2D eigenvalue weighted by Gasteiger charge is -2.43. The topological polar surface area (TPSA) is 88.5 Å². The normalized spacial score (nSPS) is 17.5. The maximum absolute atomic E-state index is 6.06. The summed E-state index contributed by atoms with van der Waals surface area (Å²) < 4.78 is 12.1. The van der Waals surface area contributed by atoms with Crippen molar-refractivity contribution < 1.29 is 9.47 Å². The first kappa shape index (κ1) is 21.5. The number of rotatable bonds is 4. The molecule has 0 amide bonds. The van der Waals surface area contributed by atoms with E-state index in [0.29, 0.717) is 24.2 Å². The number of nitrogens with one attached hydrogen (secondary N) is 1. The lowest BCUT2D eigenvalue weighted by molar-refractivity contribution is 0.187. The summed E-state index contributed by atoms with van der Waals surface area (Å²) in [4.78, 5) is 22.9. The van der Waals surface area contributed by atoms with Crippen LogP contribution in [-0.4, -0.2) is 64.2 Å². The van der Waals surface area contributed by atoms with Crippen LogP contribution in [0.25, 0.3) is 11.0 Å². The van der Waals surface area contributed by atoms with Crippen molar-refractivity contribution in [3.8, 4) is 17.2 Å². The smallest absolute Gasteiger partial charge is 0.172 e. The maximum Gasteiger partial charge on any atom is 0.172 e. The minimum Gasteiger partial charge on any atom is -0.487 e. The van der Waals surface area contributed by atoms with Crippen LogP contribution in [-0.2, 0) is 0 Å². The molecule has 2 aliphatic rings. The Hall–Kier alpha value is -3.98. The minimum atomic E-state index is 0.297. The van der Waals surface area contributed by atoms with E-state index in [2.05, 4.69) is 37.1 Å². The van der Waals surface area contributed by atoms with Gasteiger partial charge in [0.1, 0.15) is 29.9 Å². The Morgan fingerprint density at radius 1 is 1.06 bits per heavy atom. The van der Waals surface area contributed by atoms with E-state index < -0.39 is 0 Å². The van der Waals surface area contributed by atoms with Crippen molar-refractivity contribution in [2.24, 2.45) is 0 Å². The van der Waals surface area contributed by atoms with Crippen LogP contribution in [0.15, 0.2) is 48.9 Å². The van der Waals surface area contributed by atoms with Crippen molar-refractivity contribution >= 4 is 28.4 Å². The monoisotopic (exact) mass is 469 g/mol. The zero-order valence-electron chi connectivity index (χ0n) is 20.0. The van der Waals surface area contributed by atoms with Gasteiger partial charge in [0.15, 0.2) is 17.4 Å². The molecule has 1 N–H and O–H groups in total. The van der Waals surface area contributed by atoms with Crippen LogP contribution in [0.4, 0.5) is 17.3 Å². The van der Waals surface area contributed by atoms with Gasteiger partial charge in [-0.3, -0.25) is 4.98 Å². The largest absolute Gasteiger partial charge is 0.487 e. The minimum absolute atomic E-state index is 0.297. The number of piperazine rings is 1. The highest BCUT2D eigenvalue weighted by atomic mass is 16.5. The van der Waals surface area contributed by atoms with E-state index in [-0.39, 0.29) is 0 Å². The van der Waals surface area contributed by atoms with Crippen LogP contribution in [0.5, 0.6) is 17.2 Å². The van der Waals surface area contributed by atoms with Gasteiger partial charge >= 0.3 is 0 Å². The first-order valence-corrected chi connectivity index (χ1v) is 11.8. The highest BCUT2D eigenvalue weighted by Crippen LogP contribution is 2.37. The van der Waals surface area contributed by atoms with E-state index in [4.69, 9.17) is 14.5 Å². The number of benzene rings is 1. The second-order valence-electron chi connectivity index (χ2n) is 9.16. The number of aromatic nitrogens is 4. The average molecular weight is 470 g/mol. The fourth-order valence-electron chi connectivity index (χ4n) is 4.60. The number of hydrogen-bond donors (Lipinski definition) is 1. The highest BCUT2D eigenvalue weighted by Gasteiger charge is 2.33. The van der Waals surface area contributed by atoms with Crippen molar-refractivity contribution in [1.29, 1.82) is 0 Å². The Kier molecular flexibility index (Phi) is 5.33. The summed E-state index contributed by atoms with van der Waals surface area (Å²) in [5.74, 6) is 3.79. The lowest BCUT2D eigenvalue weighted by Crippen LogP contribution is -2.56. The molecule has 3 aromatic heterocycles. The number of likely N-dealkylation sites (N-methyl/N-ethyl adjacent to an activating group) is 1. The molecule has 1 unspecified atom stereocenters. The third-order valence-electron chi connectivity index (χ3n) is 6.50. The maximum atomic E-state index is 6.06. The third-order valence-corrected chi connectivity index (χ3v) is 6.50. The van der Waals surface area contributed by atoms with Gasteiger partial charge in [-0.1, -0.05) is 0 Å². The molecule has 0 saturated carbocycles. The predicted molar refractivity (Wildman–Crippen MR) is 135 cm³/mol. The lowest BCUT2D eigenvalue weighted by atomic mass is 10.1. The van der Waals surface area contributed by atoms with Crippen LogP contribution in [0.2, 0.25) is 0 Å². The fraction of sp³-hybridized carbons (Fsp3) is 0.308. The van der Waals surface area contributed by atoms with Gasteiger partial charge in [0, 0.05) is 37.1 Å². The van der Waals surface area contributed by atoms with E-state index in [9.17, 15) is 0 Å². The summed E-state index contributed by atoms with van der Waals surface area (Å²) in [7, 11) is 2.15. The van der Waals surface area contributed by atoms with E-state index in [1.165, 1.54) is 0 Å². The Morgan fingerprint density at radius 3 is 2.80 bits per heavy atom. The van der Waals surface area contributed by atoms with Gasteiger partial charge < -0.3 is 24.6 Å². The molecule has 1 saturated heterocycles. The van der Waals surface area contributed by atoms with Crippen molar-refractivity contribution in [3.05, 3.63) is 60.2 Å². The Balaban J connectivity index is 1.29. The summed E-state index contributed by atoms with van der Waals surface area (Å²) in [6, 6.07) is 12.1. The molecular weight excluding hydrogens is 442 g/mol. The van der Waals surface area contributed by atoms with Gasteiger partial charge in [-0.25, -0.2) is 15.0 Å². The Morgan fingerprint density at radius 2 is 1.97 bits per heavy atom. The average Bonchev–Trinajstić information content (AvgIpc) is 2.86. The van der Waals surface area contributed by atoms with Gasteiger partial charge in [0.25, 0.3) is 0 Å². The summed E-state index contributed by atoms with van der Waals surface area (Å²) >= 11 is 0. The van der Waals surface area contributed by atoms with Gasteiger partial charge in [0.05, 0.1) is 17.8 Å². The quantitative estimate of drug-likeness (QED) is 0.475. The van der Waals surface area contributed by atoms with Gasteiger partial charge in [0.2, 0.25) is 0 Å². The molecule has 4 aromatic rings. The van der Waals surface area contributed by atoms with E-state index in [1.807, 2.05) is 50.2 Å². The first-order chi connectivity index (χ1) is 17.0. The molecule has 0 bridgehead atoms. The predicted octanol–water partition coefficient (Wildman–Crippen LogP) is 4.09. The van der Waals surface area contributed by atoms with E-state index >= 15 is 0 Å². The summed E-state index contributed by atoms with van der Waals surface area (Å²) in [5, 5.41) is 3.42. The molecule has 0 radical (unpaired) electrons. The molecule has 1 atom stereocenters. The molecule has 178 valence electrons. The number of aryl methyl sites for hydroxylation is 2. The summed E-state index contributed by atoms with van der Waals surface area (Å²) in [6.45, 7) is 7.50. The van der Waals surface area contributed by atoms with Crippen LogP contribution >= 0.6 is 0 Å². The molecule has 35 heavy (non-hydrogen) atoms. The number of nitrogens with zero attached hydrogens (tertiary/aromatic N) is 6. The molecule has 1 fully saturated rings. The standard InChI is InChI=1S/C26H27N7O2/c1-16-10-18(5-7-22(16)35-20-6-4-17(2)27-12-20)30-25-24-21(28-15-29-25)11-23-26(31-24)33-9-8-32(3)13-19(33)14-34-23/h4-7,10-12,15,19H,8-9,13-14H2,1-3H3,(H,28,29,30). The molecule has 0 spiro atoms. The molecule has 9 heteroatoms. The molecule has 0 aliphatic carbocycles. The number of pyridine rings is 2. The number of ether oxygens (including phenoxy) is 2. The molecule has 9 nitrogen and oxygen atoms in total. The first-order valence-electron chi connectivity index (χ1n) is 11.8. The van der Waals surface area contributed by atoms with Crippen LogP contribution < -0.4 is 19.7 Å². The zero-order valence-corrected chi connectivity index (χ0v) is 20.0. The molecular formula is C26H27N7O2. The van der Waals surface area contributed by atoms with Crippen molar-refractivity contribution in [1.82, 2.24) is 24.8 Å². The molecule has 2 aliphatic heterocycles. The van der Waals surface area contributed by atoms with Gasteiger partial charge in [-0.2, -0.15) is 0 Å². The second-order valence-corrected chi connectivity index (χ2v) is 9.16. The third kappa shape index (κ3) is 4.19. The fourth-order valence-corrected chi connectivity index (χ4v) is 4.60. The van der Waals surface area contributed by atoms with Crippen LogP contribution in [0.3, 0.4) is 0 Å². The SMILES string of the molecule is Cc1ccc(Oc2ccc(Nc3ncnc4cc5c(nc34)N3CCN(C)CC3CO5)cc2C)cn1. The van der Waals surface area contributed by atoms with Gasteiger partial charge in [-0.15, -0.1) is 0 Å².